The summed E-state index contributed by atoms with van der Waals surface area (Å²) in [6, 6.07) is 3.59. The van der Waals surface area contributed by atoms with Gasteiger partial charge in [-0.2, -0.15) is 0 Å². The van der Waals surface area contributed by atoms with Crippen LogP contribution in [0.15, 0.2) is 16.6 Å². The maximum Gasteiger partial charge on any atom is 0.307 e. The molecule has 1 aliphatic rings. The lowest BCUT2D eigenvalue weighted by molar-refractivity contribution is -0.141. The van der Waals surface area contributed by atoms with Crippen LogP contribution >= 0.6 is 15.9 Å². The third-order valence-electron chi connectivity index (χ3n) is 3.19. The van der Waals surface area contributed by atoms with Crippen molar-refractivity contribution in [2.75, 3.05) is 6.54 Å². The average molecular weight is 300 g/mol. The molecule has 3 N–H and O–H groups in total. The first kappa shape index (κ1) is 12.4. The Balaban J connectivity index is 2.24. The van der Waals surface area contributed by atoms with Gasteiger partial charge < -0.3 is 15.5 Å². The Bertz CT molecular complexity index is 461. The van der Waals surface area contributed by atoms with Gasteiger partial charge in [-0.1, -0.05) is 0 Å². The number of halogens is 1. The number of hydrogen-bond acceptors (Lipinski definition) is 3. The molecule has 0 saturated carbocycles. The summed E-state index contributed by atoms with van der Waals surface area (Å²) in [5.74, 6) is -0.874. The summed E-state index contributed by atoms with van der Waals surface area (Å²) in [6.07, 6.45) is 0.591. The van der Waals surface area contributed by atoms with Gasteiger partial charge in [0.2, 0.25) is 0 Å². The van der Waals surface area contributed by atoms with Gasteiger partial charge in [0.05, 0.1) is 10.4 Å². The van der Waals surface area contributed by atoms with Gasteiger partial charge in [-0.3, -0.25) is 4.79 Å². The number of carboxylic acid groups (broad SMARTS) is 1. The van der Waals surface area contributed by atoms with Crippen molar-refractivity contribution in [3.63, 3.8) is 0 Å². The number of phenolic OH excluding ortho intramolecular Hbond substituents is 1. The Morgan fingerprint density at radius 2 is 2.24 bits per heavy atom. The number of aryl methyl sites for hydroxylation is 1. The number of benzene rings is 1. The van der Waals surface area contributed by atoms with Crippen molar-refractivity contribution in [3.05, 3.63) is 27.7 Å². The van der Waals surface area contributed by atoms with Crippen LogP contribution in [-0.4, -0.2) is 22.7 Å². The standard InChI is InChI=1S/C12H14BrNO3/c1-6-2-11(15)9(13)4-8(6)10-3-7(5-14-10)12(16)17/h2,4,7,10,14-15H,3,5H2,1H3,(H,16,17). The number of rotatable bonds is 2. The molecule has 5 heteroatoms. The Hall–Kier alpha value is -1.07. The Labute approximate surface area is 108 Å². The van der Waals surface area contributed by atoms with E-state index in [1.807, 2.05) is 13.0 Å². The quantitative estimate of drug-likeness (QED) is 0.783. The van der Waals surface area contributed by atoms with Crippen LogP contribution in [0.4, 0.5) is 0 Å². The van der Waals surface area contributed by atoms with Gasteiger partial charge >= 0.3 is 5.97 Å². The Morgan fingerprint density at radius 3 is 2.82 bits per heavy atom. The zero-order valence-electron chi connectivity index (χ0n) is 9.40. The molecule has 0 radical (unpaired) electrons. The van der Waals surface area contributed by atoms with E-state index in [2.05, 4.69) is 21.2 Å². The second-order valence-corrected chi connectivity index (χ2v) is 5.25. The highest BCUT2D eigenvalue weighted by atomic mass is 79.9. The molecular weight excluding hydrogens is 286 g/mol. The lowest BCUT2D eigenvalue weighted by atomic mass is 9.96. The van der Waals surface area contributed by atoms with Crippen molar-refractivity contribution in [1.29, 1.82) is 0 Å². The highest BCUT2D eigenvalue weighted by Gasteiger charge is 2.31. The lowest BCUT2D eigenvalue weighted by Gasteiger charge is -2.15. The molecule has 0 aromatic heterocycles. The Kier molecular flexibility index (Phi) is 3.40. The van der Waals surface area contributed by atoms with Crippen molar-refractivity contribution >= 4 is 21.9 Å². The molecule has 4 nitrogen and oxygen atoms in total. The summed E-state index contributed by atoms with van der Waals surface area (Å²) >= 11 is 3.28. The monoisotopic (exact) mass is 299 g/mol. The fourth-order valence-corrected chi connectivity index (χ4v) is 2.58. The summed E-state index contributed by atoms with van der Waals surface area (Å²) in [4.78, 5) is 10.9. The smallest absolute Gasteiger partial charge is 0.307 e. The van der Waals surface area contributed by atoms with Gasteiger partial charge in [0.25, 0.3) is 0 Å². The topological polar surface area (TPSA) is 69.6 Å². The highest BCUT2D eigenvalue weighted by Crippen LogP contribution is 2.34. The Morgan fingerprint density at radius 1 is 1.53 bits per heavy atom. The predicted molar refractivity (Wildman–Crippen MR) is 67.0 cm³/mol. The molecule has 0 aliphatic carbocycles. The van der Waals surface area contributed by atoms with E-state index in [4.69, 9.17) is 5.11 Å². The predicted octanol–water partition coefficient (Wildman–Crippen LogP) is 2.20. The molecule has 0 bridgehead atoms. The van der Waals surface area contributed by atoms with Crippen molar-refractivity contribution in [3.8, 4) is 5.75 Å². The molecule has 1 fully saturated rings. The van der Waals surface area contributed by atoms with Crippen LogP contribution < -0.4 is 5.32 Å². The molecule has 1 aromatic carbocycles. The van der Waals surface area contributed by atoms with E-state index in [9.17, 15) is 9.90 Å². The molecule has 17 heavy (non-hydrogen) atoms. The van der Waals surface area contributed by atoms with Crippen molar-refractivity contribution in [1.82, 2.24) is 5.32 Å². The van der Waals surface area contributed by atoms with Crippen molar-refractivity contribution in [2.24, 2.45) is 5.92 Å². The van der Waals surface area contributed by atoms with Crippen LogP contribution in [0.25, 0.3) is 0 Å². The van der Waals surface area contributed by atoms with Crippen LogP contribution in [0.3, 0.4) is 0 Å². The van der Waals surface area contributed by atoms with E-state index in [0.717, 1.165) is 11.1 Å². The average Bonchev–Trinajstić information content (AvgIpc) is 2.72. The molecule has 1 heterocycles. The summed E-state index contributed by atoms with van der Waals surface area (Å²) in [5.41, 5.74) is 2.01. The molecular formula is C12H14BrNO3. The molecule has 1 saturated heterocycles. The number of carbonyl (C=O) groups is 1. The normalized spacial score (nSPS) is 23.9. The minimum atomic E-state index is -0.754. The number of phenols is 1. The summed E-state index contributed by atoms with van der Waals surface area (Å²) in [5, 5.41) is 21.7. The first-order valence-corrected chi connectivity index (χ1v) is 6.23. The molecule has 1 aromatic rings. The molecule has 2 rings (SSSR count). The lowest BCUT2D eigenvalue weighted by Crippen LogP contribution is -2.17. The number of hydrogen-bond donors (Lipinski definition) is 3. The van der Waals surface area contributed by atoms with Gasteiger partial charge in [0.15, 0.2) is 0 Å². The minimum Gasteiger partial charge on any atom is -0.507 e. The minimum absolute atomic E-state index is 0.0491. The van der Waals surface area contributed by atoms with Crippen LogP contribution in [-0.2, 0) is 4.79 Å². The zero-order valence-corrected chi connectivity index (χ0v) is 11.0. The van der Waals surface area contributed by atoms with Crippen molar-refractivity contribution < 1.29 is 15.0 Å². The molecule has 0 amide bonds. The van der Waals surface area contributed by atoms with Gasteiger partial charge in [0, 0.05) is 12.6 Å². The third-order valence-corrected chi connectivity index (χ3v) is 3.83. The number of nitrogens with one attached hydrogen (secondary N) is 1. The maximum absolute atomic E-state index is 10.9. The molecule has 1 aliphatic heterocycles. The number of carboxylic acids is 1. The van der Waals surface area contributed by atoms with E-state index in [1.54, 1.807) is 6.07 Å². The fourth-order valence-electron chi connectivity index (χ4n) is 2.22. The van der Waals surface area contributed by atoms with Gasteiger partial charge in [-0.15, -0.1) is 0 Å². The third kappa shape index (κ3) is 2.45. The molecule has 0 spiro atoms. The maximum atomic E-state index is 10.9. The van der Waals surface area contributed by atoms with Gasteiger partial charge in [-0.25, -0.2) is 0 Å². The number of aliphatic carboxylic acids is 1. The summed E-state index contributed by atoms with van der Waals surface area (Å²) in [6.45, 7) is 2.41. The summed E-state index contributed by atoms with van der Waals surface area (Å²) in [7, 11) is 0. The van der Waals surface area contributed by atoms with E-state index in [0.29, 0.717) is 17.4 Å². The molecule has 2 unspecified atom stereocenters. The second-order valence-electron chi connectivity index (χ2n) is 4.39. The summed E-state index contributed by atoms with van der Waals surface area (Å²) < 4.78 is 0.638. The first-order chi connectivity index (χ1) is 7.99. The fraction of sp³-hybridized carbons (Fsp3) is 0.417. The van der Waals surface area contributed by atoms with E-state index in [1.165, 1.54) is 0 Å². The molecule has 2 atom stereocenters. The number of aromatic hydroxyl groups is 1. The largest absolute Gasteiger partial charge is 0.507 e. The van der Waals surface area contributed by atoms with E-state index in [-0.39, 0.29) is 17.7 Å². The first-order valence-electron chi connectivity index (χ1n) is 5.44. The van der Waals surface area contributed by atoms with Crippen LogP contribution in [0, 0.1) is 12.8 Å². The van der Waals surface area contributed by atoms with E-state index < -0.39 is 5.97 Å². The van der Waals surface area contributed by atoms with Crippen LogP contribution in [0.5, 0.6) is 5.75 Å². The SMILES string of the molecule is Cc1cc(O)c(Br)cc1C1CC(C(=O)O)CN1. The van der Waals surface area contributed by atoms with Crippen molar-refractivity contribution in [2.45, 2.75) is 19.4 Å². The second kappa shape index (κ2) is 4.66. The molecule has 92 valence electrons. The van der Waals surface area contributed by atoms with Gasteiger partial charge in [0.1, 0.15) is 5.75 Å². The zero-order chi connectivity index (χ0) is 12.6. The van der Waals surface area contributed by atoms with Gasteiger partial charge in [-0.05, 0) is 52.5 Å². The van der Waals surface area contributed by atoms with E-state index >= 15 is 0 Å². The van der Waals surface area contributed by atoms with Crippen LogP contribution in [0.2, 0.25) is 0 Å². The highest BCUT2D eigenvalue weighted by molar-refractivity contribution is 9.10. The van der Waals surface area contributed by atoms with Crippen LogP contribution in [0.1, 0.15) is 23.6 Å².